The van der Waals surface area contributed by atoms with E-state index >= 15 is 0 Å². The zero-order valence-corrected chi connectivity index (χ0v) is 9.53. The number of hydrogen-bond acceptors (Lipinski definition) is 3. The smallest absolute Gasteiger partial charge is 0.131 e. The highest BCUT2D eigenvalue weighted by molar-refractivity contribution is 5.05. The Morgan fingerprint density at radius 1 is 1.53 bits per heavy atom. The molecule has 0 radical (unpaired) electrons. The van der Waals surface area contributed by atoms with Crippen molar-refractivity contribution in [2.45, 2.75) is 51.6 Å². The lowest BCUT2D eigenvalue weighted by atomic mass is 10.1. The molecule has 1 heterocycles. The molecule has 15 heavy (non-hydrogen) atoms. The molecule has 0 spiro atoms. The van der Waals surface area contributed by atoms with E-state index in [-0.39, 0.29) is 0 Å². The highest BCUT2D eigenvalue weighted by Gasteiger charge is 2.20. The van der Waals surface area contributed by atoms with Gasteiger partial charge in [-0.3, -0.25) is 0 Å². The third kappa shape index (κ3) is 2.99. The maximum absolute atomic E-state index is 4.57. The van der Waals surface area contributed by atoms with E-state index in [1.165, 1.54) is 12.8 Å². The lowest BCUT2D eigenvalue weighted by molar-refractivity contribution is 0.640. The van der Waals surface area contributed by atoms with E-state index < -0.39 is 0 Å². The molecule has 2 rings (SSSR count). The van der Waals surface area contributed by atoms with E-state index in [2.05, 4.69) is 29.1 Å². The van der Waals surface area contributed by atoms with Crippen molar-refractivity contribution in [2.75, 3.05) is 0 Å². The number of nitrogens with zero attached hydrogens (tertiary/aromatic N) is 2. The van der Waals surface area contributed by atoms with Crippen LogP contribution in [0.5, 0.6) is 0 Å². The highest BCUT2D eigenvalue weighted by atomic mass is 15.0. The molecule has 1 unspecified atom stereocenters. The number of aromatic nitrogens is 2. The molecular weight excluding hydrogens is 186 g/mol. The van der Waals surface area contributed by atoms with Crippen molar-refractivity contribution in [1.82, 2.24) is 15.3 Å². The Kier molecular flexibility index (Phi) is 3.31. The molecule has 1 aromatic heterocycles. The fraction of sp³-hybridized carbons (Fsp3) is 0.667. The second kappa shape index (κ2) is 4.71. The van der Waals surface area contributed by atoms with Crippen LogP contribution in [0.25, 0.3) is 0 Å². The van der Waals surface area contributed by atoms with Crippen LogP contribution in [0.1, 0.15) is 50.5 Å². The molecule has 1 aliphatic rings. The molecule has 1 aliphatic carbocycles. The van der Waals surface area contributed by atoms with Gasteiger partial charge in [0, 0.05) is 24.7 Å². The third-order valence-corrected chi connectivity index (χ3v) is 2.93. The maximum Gasteiger partial charge on any atom is 0.131 e. The van der Waals surface area contributed by atoms with Gasteiger partial charge in [0.25, 0.3) is 0 Å². The average Bonchev–Trinajstić information content (AvgIpc) is 3.09. The van der Waals surface area contributed by atoms with Gasteiger partial charge in [-0.25, -0.2) is 9.97 Å². The Bertz CT molecular complexity index is 320. The molecule has 1 atom stereocenters. The van der Waals surface area contributed by atoms with Crippen LogP contribution in [0.4, 0.5) is 0 Å². The zero-order chi connectivity index (χ0) is 10.7. The van der Waals surface area contributed by atoms with Crippen molar-refractivity contribution in [2.24, 2.45) is 0 Å². The van der Waals surface area contributed by atoms with E-state index in [0.717, 1.165) is 30.5 Å². The Hall–Kier alpha value is -0.960. The van der Waals surface area contributed by atoms with E-state index in [9.17, 15) is 0 Å². The van der Waals surface area contributed by atoms with Crippen LogP contribution < -0.4 is 5.32 Å². The summed E-state index contributed by atoms with van der Waals surface area (Å²) in [5, 5.41) is 3.47. The first-order valence-corrected chi connectivity index (χ1v) is 5.84. The van der Waals surface area contributed by atoms with E-state index in [0.29, 0.717) is 5.92 Å². The van der Waals surface area contributed by atoms with Gasteiger partial charge < -0.3 is 5.32 Å². The minimum atomic E-state index is 0.464. The molecule has 3 nitrogen and oxygen atoms in total. The molecule has 0 amide bonds. The lowest BCUT2D eigenvalue weighted by Crippen LogP contribution is -2.17. The van der Waals surface area contributed by atoms with Crippen molar-refractivity contribution >= 4 is 0 Å². The second-order valence-electron chi connectivity index (χ2n) is 4.37. The Morgan fingerprint density at radius 3 is 3.00 bits per heavy atom. The summed E-state index contributed by atoms with van der Waals surface area (Å²) in [5.74, 6) is 1.44. The van der Waals surface area contributed by atoms with E-state index in [1.54, 1.807) is 0 Å². The van der Waals surface area contributed by atoms with Gasteiger partial charge in [-0.05, 0) is 25.3 Å². The first-order valence-electron chi connectivity index (χ1n) is 5.84. The summed E-state index contributed by atoms with van der Waals surface area (Å²) < 4.78 is 0. The quantitative estimate of drug-likeness (QED) is 0.801. The Balaban J connectivity index is 1.97. The molecule has 0 bridgehead atoms. The summed E-state index contributed by atoms with van der Waals surface area (Å²) in [6.07, 6.45) is 5.62. The van der Waals surface area contributed by atoms with Crippen LogP contribution in [-0.2, 0) is 6.54 Å². The summed E-state index contributed by atoms with van der Waals surface area (Å²) >= 11 is 0. The standard InChI is InChI=1S/C12H19N3/c1-3-9(2)12-13-7-6-11(15-12)8-14-10-4-5-10/h6-7,9-10,14H,3-5,8H2,1-2H3. The summed E-state index contributed by atoms with van der Waals surface area (Å²) in [4.78, 5) is 8.88. The molecule has 0 saturated heterocycles. The molecule has 3 heteroatoms. The topological polar surface area (TPSA) is 37.8 Å². The monoisotopic (exact) mass is 205 g/mol. The molecule has 1 saturated carbocycles. The Labute approximate surface area is 91.3 Å². The van der Waals surface area contributed by atoms with Crippen LogP contribution in [0.2, 0.25) is 0 Å². The fourth-order valence-corrected chi connectivity index (χ4v) is 1.47. The molecular formula is C12H19N3. The van der Waals surface area contributed by atoms with Crippen molar-refractivity contribution in [3.63, 3.8) is 0 Å². The predicted octanol–water partition coefficient (Wildman–Crippen LogP) is 2.24. The number of rotatable bonds is 5. The van der Waals surface area contributed by atoms with E-state index in [1.807, 2.05) is 12.3 Å². The van der Waals surface area contributed by atoms with Crippen LogP contribution in [-0.4, -0.2) is 16.0 Å². The minimum absolute atomic E-state index is 0.464. The fourth-order valence-electron chi connectivity index (χ4n) is 1.47. The van der Waals surface area contributed by atoms with Gasteiger partial charge >= 0.3 is 0 Å². The number of nitrogens with one attached hydrogen (secondary N) is 1. The van der Waals surface area contributed by atoms with Gasteiger partial charge in [0.05, 0.1) is 5.69 Å². The maximum atomic E-state index is 4.57. The van der Waals surface area contributed by atoms with Crippen molar-refractivity contribution in [1.29, 1.82) is 0 Å². The molecule has 1 fully saturated rings. The van der Waals surface area contributed by atoms with Gasteiger partial charge in [-0.2, -0.15) is 0 Å². The normalized spacial score (nSPS) is 17.7. The average molecular weight is 205 g/mol. The van der Waals surface area contributed by atoms with Gasteiger partial charge in [-0.15, -0.1) is 0 Å². The summed E-state index contributed by atoms with van der Waals surface area (Å²) in [5.41, 5.74) is 1.12. The van der Waals surface area contributed by atoms with Crippen molar-refractivity contribution in [3.8, 4) is 0 Å². The number of hydrogen-bond donors (Lipinski definition) is 1. The third-order valence-electron chi connectivity index (χ3n) is 2.93. The molecule has 1 aromatic rings. The largest absolute Gasteiger partial charge is 0.308 e. The summed E-state index contributed by atoms with van der Waals surface area (Å²) in [7, 11) is 0. The predicted molar refractivity (Wildman–Crippen MR) is 60.6 cm³/mol. The van der Waals surface area contributed by atoms with Crippen molar-refractivity contribution < 1.29 is 0 Å². The molecule has 0 aliphatic heterocycles. The van der Waals surface area contributed by atoms with Crippen LogP contribution in [0, 0.1) is 0 Å². The zero-order valence-electron chi connectivity index (χ0n) is 9.53. The minimum Gasteiger partial charge on any atom is -0.308 e. The van der Waals surface area contributed by atoms with Gasteiger partial charge in [0.1, 0.15) is 5.82 Å². The second-order valence-corrected chi connectivity index (χ2v) is 4.37. The summed E-state index contributed by atoms with van der Waals surface area (Å²) in [6, 6.07) is 2.74. The Morgan fingerprint density at radius 2 is 2.33 bits per heavy atom. The van der Waals surface area contributed by atoms with Crippen molar-refractivity contribution in [3.05, 3.63) is 23.8 Å². The molecule has 1 N–H and O–H groups in total. The van der Waals surface area contributed by atoms with Crippen LogP contribution in [0.3, 0.4) is 0 Å². The first-order chi connectivity index (χ1) is 7.29. The van der Waals surface area contributed by atoms with Gasteiger partial charge in [-0.1, -0.05) is 13.8 Å². The van der Waals surface area contributed by atoms with Crippen LogP contribution >= 0.6 is 0 Å². The van der Waals surface area contributed by atoms with Gasteiger partial charge in [0.2, 0.25) is 0 Å². The molecule has 0 aromatic carbocycles. The first kappa shape index (κ1) is 10.6. The summed E-state index contributed by atoms with van der Waals surface area (Å²) in [6.45, 7) is 5.23. The van der Waals surface area contributed by atoms with E-state index in [4.69, 9.17) is 0 Å². The highest BCUT2D eigenvalue weighted by Crippen LogP contribution is 2.19. The lowest BCUT2D eigenvalue weighted by Gasteiger charge is -2.08. The molecule has 82 valence electrons. The SMILES string of the molecule is CCC(C)c1nccc(CNC2CC2)n1. The van der Waals surface area contributed by atoms with Crippen LogP contribution in [0.15, 0.2) is 12.3 Å². The van der Waals surface area contributed by atoms with Gasteiger partial charge in [0.15, 0.2) is 0 Å².